The molecule has 0 saturated carbocycles. The minimum Gasteiger partial charge on any atom is -0.396 e. The van der Waals surface area contributed by atoms with Gasteiger partial charge < -0.3 is 10.2 Å². The Morgan fingerprint density at radius 1 is 1.11 bits per heavy atom. The predicted octanol–water partition coefficient (Wildman–Crippen LogP) is 0.633. The second kappa shape index (κ2) is 4.77. The minimum absolute atomic E-state index is 0.0880. The van der Waals surface area contributed by atoms with Gasteiger partial charge in [0.2, 0.25) is 0 Å². The van der Waals surface area contributed by atoms with Crippen LogP contribution in [-0.2, 0) is 0 Å². The SMILES string of the molecule is CC(C)CC(CO)CO. The van der Waals surface area contributed by atoms with E-state index in [1.54, 1.807) is 0 Å². The molecule has 2 N–H and O–H groups in total. The van der Waals surface area contributed by atoms with Gasteiger partial charge in [-0.3, -0.25) is 0 Å². The van der Waals surface area contributed by atoms with Crippen LogP contribution in [0.4, 0.5) is 0 Å². The highest BCUT2D eigenvalue weighted by molar-refractivity contribution is 4.57. The first-order valence-corrected chi connectivity index (χ1v) is 3.42. The molecule has 0 aliphatic rings. The molecule has 0 heterocycles. The topological polar surface area (TPSA) is 40.5 Å². The van der Waals surface area contributed by atoms with Gasteiger partial charge in [0.05, 0.1) is 0 Å². The third-order valence-electron chi connectivity index (χ3n) is 1.32. The van der Waals surface area contributed by atoms with E-state index >= 15 is 0 Å². The average Bonchev–Trinajstić information content (AvgIpc) is 1.82. The molecule has 0 saturated heterocycles. The lowest BCUT2D eigenvalue weighted by atomic mass is 9.99. The van der Waals surface area contributed by atoms with Crippen LogP contribution in [0.25, 0.3) is 0 Å². The molecule has 0 unspecified atom stereocenters. The van der Waals surface area contributed by atoms with Crippen LogP contribution in [0.15, 0.2) is 0 Å². The van der Waals surface area contributed by atoms with E-state index in [-0.39, 0.29) is 19.1 Å². The predicted molar refractivity (Wildman–Crippen MR) is 37.1 cm³/mol. The van der Waals surface area contributed by atoms with E-state index < -0.39 is 0 Å². The van der Waals surface area contributed by atoms with E-state index in [0.717, 1.165) is 6.42 Å². The molecule has 0 spiro atoms. The van der Waals surface area contributed by atoms with Crippen LogP contribution in [0.2, 0.25) is 0 Å². The zero-order valence-corrected chi connectivity index (χ0v) is 6.17. The Balaban J connectivity index is 3.31. The highest BCUT2D eigenvalue weighted by Crippen LogP contribution is 2.09. The van der Waals surface area contributed by atoms with Gasteiger partial charge in [0, 0.05) is 19.1 Å². The third kappa shape index (κ3) is 4.43. The Morgan fingerprint density at radius 2 is 1.56 bits per heavy atom. The van der Waals surface area contributed by atoms with Crippen LogP contribution in [0.3, 0.4) is 0 Å². The van der Waals surface area contributed by atoms with E-state index in [1.165, 1.54) is 0 Å². The molecule has 2 heteroatoms. The van der Waals surface area contributed by atoms with Gasteiger partial charge in [-0.2, -0.15) is 0 Å². The van der Waals surface area contributed by atoms with Crippen molar-refractivity contribution in [1.82, 2.24) is 0 Å². The van der Waals surface area contributed by atoms with Crippen molar-refractivity contribution < 1.29 is 10.2 Å². The Bertz CT molecular complexity index is 57.9. The Hall–Kier alpha value is -0.0800. The van der Waals surface area contributed by atoms with Crippen molar-refractivity contribution in [3.8, 4) is 0 Å². The normalized spacial score (nSPS) is 11.3. The largest absolute Gasteiger partial charge is 0.396 e. The Morgan fingerprint density at radius 3 is 1.67 bits per heavy atom. The minimum atomic E-state index is 0.0880. The van der Waals surface area contributed by atoms with Crippen LogP contribution in [-0.4, -0.2) is 23.4 Å². The van der Waals surface area contributed by atoms with Crippen molar-refractivity contribution in [3.05, 3.63) is 0 Å². The number of aliphatic hydroxyl groups is 2. The van der Waals surface area contributed by atoms with Gasteiger partial charge in [-0.25, -0.2) is 0 Å². The number of rotatable bonds is 4. The van der Waals surface area contributed by atoms with Gasteiger partial charge in [0.1, 0.15) is 0 Å². The van der Waals surface area contributed by atoms with Crippen molar-refractivity contribution in [2.75, 3.05) is 13.2 Å². The van der Waals surface area contributed by atoms with Gasteiger partial charge in [-0.05, 0) is 12.3 Å². The van der Waals surface area contributed by atoms with E-state index in [0.29, 0.717) is 5.92 Å². The van der Waals surface area contributed by atoms with Gasteiger partial charge in [-0.15, -0.1) is 0 Å². The zero-order valence-electron chi connectivity index (χ0n) is 6.17. The zero-order chi connectivity index (χ0) is 7.28. The van der Waals surface area contributed by atoms with Gasteiger partial charge in [-0.1, -0.05) is 13.8 Å². The number of hydrogen-bond acceptors (Lipinski definition) is 2. The fraction of sp³-hybridized carbons (Fsp3) is 1.00. The summed E-state index contributed by atoms with van der Waals surface area (Å²) >= 11 is 0. The second-order valence-corrected chi connectivity index (χ2v) is 2.86. The van der Waals surface area contributed by atoms with Crippen molar-refractivity contribution in [2.24, 2.45) is 11.8 Å². The lowest BCUT2D eigenvalue weighted by Gasteiger charge is -2.12. The van der Waals surface area contributed by atoms with Crippen LogP contribution < -0.4 is 0 Å². The smallest absolute Gasteiger partial charge is 0.0481 e. The highest BCUT2D eigenvalue weighted by Gasteiger charge is 2.06. The third-order valence-corrected chi connectivity index (χ3v) is 1.32. The molecule has 0 rings (SSSR count). The molecule has 2 nitrogen and oxygen atoms in total. The first kappa shape index (κ1) is 8.92. The number of aliphatic hydroxyl groups excluding tert-OH is 2. The molecule has 56 valence electrons. The van der Waals surface area contributed by atoms with E-state index in [9.17, 15) is 0 Å². The Kier molecular flexibility index (Phi) is 4.72. The summed E-state index contributed by atoms with van der Waals surface area (Å²) < 4.78 is 0. The summed E-state index contributed by atoms with van der Waals surface area (Å²) in [6.07, 6.45) is 0.910. The molecule has 0 fully saturated rings. The molecular weight excluding hydrogens is 116 g/mol. The molecule has 0 aromatic heterocycles. The summed E-state index contributed by atoms with van der Waals surface area (Å²) in [5, 5.41) is 17.2. The summed E-state index contributed by atoms with van der Waals surface area (Å²) in [7, 11) is 0. The van der Waals surface area contributed by atoms with Crippen molar-refractivity contribution >= 4 is 0 Å². The van der Waals surface area contributed by atoms with E-state index in [2.05, 4.69) is 13.8 Å². The van der Waals surface area contributed by atoms with Crippen LogP contribution in [0.5, 0.6) is 0 Å². The molecule has 0 amide bonds. The van der Waals surface area contributed by atoms with Crippen LogP contribution in [0, 0.1) is 11.8 Å². The van der Waals surface area contributed by atoms with Crippen LogP contribution in [0.1, 0.15) is 20.3 Å². The van der Waals surface area contributed by atoms with Crippen molar-refractivity contribution in [3.63, 3.8) is 0 Å². The molecule has 0 atom stereocenters. The van der Waals surface area contributed by atoms with E-state index in [1.807, 2.05) is 0 Å². The highest BCUT2D eigenvalue weighted by atomic mass is 16.3. The molecular formula is C7H16O2. The van der Waals surface area contributed by atoms with Gasteiger partial charge >= 0.3 is 0 Å². The monoisotopic (exact) mass is 132 g/mol. The van der Waals surface area contributed by atoms with E-state index in [4.69, 9.17) is 10.2 Å². The number of hydrogen-bond donors (Lipinski definition) is 2. The lowest BCUT2D eigenvalue weighted by Crippen LogP contribution is -2.13. The summed E-state index contributed by atoms with van der Waals surface area (Å²) in [6, 6.07) is 0. The average molecular weight is 132 g/mol. The maximum Gasteiger partial charge on any atom is 0.0481 e. The van der Waals surface area contributed by atoms with Crippen molar-refractivity contribution in [2.45, 2.75) is 20.3 Å². The Labute approximate surface area is 56.5 Å². The molecule has 0 aliphatic carbocycles. The molecule has 0 aromatic carbocycles. The summed E-state index contributed by atoms with van der Waals surface area (Å²) in [5.41, 5.74) is 0. The quantitative estimate of drug-likeness (QED) is 0.589. The molecule has 0 aromatic rings. The summed E-state index contributed by atoms with van der Waals surface area (Å²) in [5.74, 6) is 0.652. The molecule has 0 aliphatic heterocycles. The fourth-order valence-corrected chi connectivity index (χ4v) is 0.873. The van der Waals surface area contributed by atoms with Crippen LogP contribution >= 0.6 is 0 Å². The lowest BCUT2D eigenvalue weighted by molar-refractivity contribution is 0.134. The van der Waals surface area contributed by atoms with Crippen molar-refractivity contribution in [1.29, 1.82) is 0 Å². The molecule has 0 bridgehead atoms. The summed E-state index contributed by atoms with van der Waals surface area (Å²) in [4.78, 5) is 0. The first-order valence-electron chi connectivity index (χ1n) is 3.42. The van der Waals surface area contributed by atoms with Gasteiger partial charge in [0.15, 0.2) is 0 Å². The van der Waals surface area contributed by atoms with Gasteiger partial charge in [0.25, 0.3) is 0 Å². The molecule has 9 heavy (non-hydrogen) atoms. The first-order chi connectivity index (χ1) is 4.20. The standard InChI is InChI=1S/C7H16O2/c1-6(2)3-7(4-8)5-9/h6-9H,3-5H2,1-2H3. The molecule has 0 radical (unpaired) electrons. The second-order valence-electron chi connectivity index (χ2n) is 2.86. The summed E-state index contributed by atoms with van der Waals surface area (Å²) in [6.45, 7) is 4.38. The fourth-order valence-electron chi connectivity index (χ4n) is 0.873. The maximum atomic E-state index is 8.61. The maximum absolute atomic E-state index is 8.61.